The largest absolute Gasteiger partial charge is 0.481 e. The molecule has 15 heavy (non-hydrogen) atoms. The maximum Gasteiger partial charge on any atom is 0.307 e. The predicted molar refractivity (Wildman–Crippen MR) is 61.3 cm³/mol. The molecule has 1 aromatic heterocycles. The molecule has 0 radical (unpaired) electrons. The number of aliphatic carboxylic acids is 1. The van der Waals surface area contributed by atoms with Gasteiger partial charge in [-0.15, -0.1) is 0 Å². The molecule has 1 N–H and O–H groups in total. The van der Waals surface area contributed by atoms with Gasteiger partial charge in [0.1, 0.15) is 0 Å². The fraction of sp³-hybridized carbons (Fsp3) is 0.583. The van der Waals surface area contributed by atoms with Crippen LogP contribution in [-0.2, 0) is 4.79 Å². The van der Waals surface area contributed by atoms with E-state index in [1.54, 1.807) is 11.3 Å². The van der Waals surface area contributed by atoms with Gasteiger partial charge in [-0.25, -0.2) is 0 Å². The highest BCUT2D eigenvalue weighted by Crippen LogP contribution is 2.37. The number of hydrogen-bond donors (Lipinski definition) is 1. The van der Waals surface area contributed by atoms with Gasteiger partial charge in [0.05, 0.1) is 5.92 Å². The van der Waals surface area contributed by atoms with Gasteiger partial charge in [0.25, 0.3) is 0 Å². The highest BCUT2D eigenvalue weighted by Gasteiger charge is 2.30. The normalized spacial score (nSPS) is 27.2. The lowest BCUT2D eigenvalue weighted by Crippen LogP contribution is -2.20. The molecule has 3 heteroatoms. The van der Waals surface area contributed by atoms with Crippen LogP contribution >= 0.6 is 11.3 Å². The zero-order valence-electron chi connectivity index (χ0n) is 8.69. The van der Waals surface area contributed by atoms with Crippen LogP contribution in [0.25, 0.3) is 0 Å². The summed E-state index contributed by atoms with van der Waals surface area (Å²) in [7, 11) is 0. The second kappa shape index (κ2) is 4.79. The average molecular weight is 224 g/mol. The molecule has 1 aliphatic rings. The molecular weight excluding hydrogens is 208 g/mol. The molecule has 2 atom stereocenters. The molecule has 2 rings (SSSR count). The summed E-state index contributed by atoms with van der Waals surface area (Å²) in [5, 5.41) is 13.4. The van der Waals surface area contributed by atoms with Gasteiger partial charge in [0, 0.05) is 0 Å². The van der Waals surface area contributed by atoms with Crippen LogP contribution in [0.5, 0.6) is 0 Å². The van der Waals surface area contributed by atoms with Crippen LogP contribution in [0.4, 0.5) is 0 Å². The quantitative estimate of drug-likeness (QED) is 0.781. The molecule has 1 saturated carbocycles. The second-order valence-corrected chi connectivity index (χ2v) is 5.03. The van der Waals surface area contributed by atoms with Gasteiger partial charge in [-0.3, -0.25) is 4.79 Å². The topological polar surface area (TPSA) is 37.3 Å². The van der Waals surface area contributed by atoms with E-state index in [4.69, 9.17) is 0 Å². The summed E-state index contributed by atoms with van der Waals surface area (Å²) in [6.45, 7) is 0. The Morgan fingerprint density at radius 3 is 2.80 bits per heavy atom. The highest BCUT2D eigenvalue weighted by molar-refractivity contribution is 7.07. The number of carbonyl (C=O) groups is 1. The first-order chi connectivity index (χ1) is 7.29. The molecule has 1 fully saturated rings. The Hall–Kier alpha value is -0.830. The summed E-state index contributed by atoms with van der Waals surface area (Å²) in [6, 6.07) is 2.08. The van der Waals surface area contributed by atoms with Crippen molar-refractivity contribution in [2.45, 2.75) is 38.0 Å². The molecule has 1 aromatic rings. The van der Waals surface area contributed by atoms with E-state index < -0.39 is 5.97 Å². The van der Waals surface area contributed by atoms with Crippen LogP contribution in [0.3, 0.4) is 0 Å². The summed E-state index contributed by atoms with van der Waals surface area (Å²) in [5.74, 6) is -0.536. The Kier molecular flexibility index (Phi) is 3.41. The first-order valence-corrected chi connectivity index (χ1v) is 6.48. The standard InChI is InChI=1S/C12H16O2S/c13-12(14)11-5-3-1-2-4-10(11)9-6-7-15-8-9/h6-8,10-11H,1-5H2,(H,13,14). The number of carboxylic acid groups (broad SMARTS) is 1. The maximum absolute atomic E-state index is 11.2. The van der Waals surface area contributed by atoms with Gasteiger partial charge in [-0.05, 0) is 41.1 Å². The molecule has 2 nitrogen and oxygen atoms in total. The molecule has 1 heterocycles. The van der Waals surface area contributed by atoms with Crippen molar-refractivity contribution in [1.82, 2.24) is 0 Å². The summed E-state index contributed by atoms with van der Waals surface area (Å²) >= 11 is 1.66. The van der Waals surface area contributed by atoms with Crippen molar-refractivity contribution in [3.05, 3.63) is 22.4 Å². The van der Waals surface area contributed by atoms with Crippen LogP contribution in [0.2, 0.25) is 0 Å². The average Bonchev–Trinajstić information content (AvgIpc) is 2.61. The molecule has 1 aliphatic carbocycles. The van der Waals surface area contributed by atoms with Crippen molar-refractivity contribution in [2.75, 3.05) is 0 Å². The molecule has 0 bridgehead atoms. The molecular formula is C12H16O2S. The van der Waals surface area contributed by atoms with Crippen molar-refractivity contribution in [1.29, 1.82) is 0 Å². The smallest absolute Gasteiger partial charge is 0.307 e. The van der Waals surface area contributed by atoms with Gasteiger partial charge in [0.2, 0.25) is 0 Å². The maximum atomic E-state index is 11.2. The highest BCUT2D eigenvalue weighted by atomic mass is 32.1. The molecule has 2 unspecified atom stereocenters. The van der Waals surface area contributed by atoms with Crippen LogP contribution in [0.1, 0.15) is 43.6 Å². The number of carboxylic acids is 1. The molecule has 0 saturated heterocycles. The Morgan fingerprint density at radius 2 is 2.13 bits per heavy atom. The summed E-state index contributed by atoms with van der Waals surface area (Å²) in [5.41, 5.74) is 1.23. The Balaban J connectivity index is 2.20. The Bertz CT molecular complexity index is 318. The molecule has 0 aromatic carbocycles. The van der Waals surface area contributed by atoms with Gasteiger partial charge in [-0.2, -0.15) is 11.3 Å². The van der Waals surface area contributed by atoms with Gasteiger partial charge in [-0.1, -0.05) is 19.3 Å². The van der Waals surface area contributed by atoms with E-state index in [0.29, 0.717) is 0 Å². The van der Waals surface area contributed by atoms with E-state index >= 15 is 0 Å². The Morgan fingerprint density at radius 1 is 1.33 bits per heavy atom. The van der Waals surface area contributed by atoms with E-state index in [0.717, 1.165) is 19.3 Å². The third kappa shape index (κ3) is 2.40. The first-order valence-electron chi connectivity index (χ1n) is 5.54. The number of rotatable bonds is 2. The second-order valence-electron chi connectivity index (χ2n) is 4.25. The van der Waals surface area contributed by atoms with Gasteiger partial charge in [0.15, 0.2) is 0 Å². The van der Waals surface area contributed by atoms with E-state index in [2.05, 4.69) is 11.4 Å². The monoisotopic (exact) mass is 224 g/mol. The van der Waals surface area contributed by atoms with Crippen molar-refractivity contribution in [3.8, 4) is 0 Å². The van der Waals surface area contributed by atoms with Crippen LogP contribution in [0.15, 0.2) is 16.8 Å². The molecule has 0 spiro atoms. The fourth-order valence-electron chi connectivity index (χ4n) is 2.49. The third-order valence-electron chi connectivity index (χ3n) is 3.30. The first kappa shape index (κ1) is 10.7. The molecule has 82 valence electrons. The van der Waals surface area contributed by atoms with Crippen LogP contribution < -0.4 is 0 Å². The third-order valence-corrected chi connectivity index (χ3v) is 4.01. The SMILES string of the molecule is O=C(O)C1CCCCCC1c1ccsc1. The lowest BCUT2D eigenvalue weighted by Gasteiger charge is -2.20. The van der Waals surface area contributed by atoms with Crippen molar-refractivity contribution in [3.63, 3.8) is 0 Å². The van der Waals surface area contributed by atoms with Crippen molar-refractivity contribution in [2.24, 2.45) is 5.92 Å². The predicted octanol–water partition coefficient (Wildman–Crippen LogP) is 3.50. The fourth-order valence-corrected chi connectivity index (χ4v) is 3.21. The number of thiophene rings is 1. The summed E-state index contributed by atoms with van der Waals surface area (Å²) in [6.07, 6.45) is 5.30. The lowest BCUT2D eigenvalue weighted by molar-refractivity contribution is -0.142. The minimum absolute atomic E-state index is 0.165. The zero-order valence-corrected chi connectivity index (χ0v) is 9.50. The molecule has 0 aliphatic heterocycles. The molecule has 0 amide bonds. The van der Waals surface area contributed by atoms with E-state index in [1.807, 2.05) is 5.38 Å². The van der Waals surface area contributed by atoms with E-state index in [9.17, 15) is 9.90 Å². The van der Waals surface area contributed by atoms with Crippen LogP contribution in [0, 0.1) is 5.92 Å². The van der Waals surface area contributed by atoms with E-state index in [-0.39, 0.29) is 11.8 Å². The lowest BCUT2D eigenvalue weighted by atomic mass is 9.84. The number of hydrogen-bond acceptors (Lipinski definition) is 2. The zero-order chi connectivity index (χ0) is 10.7. The van der Waals surface area contributed by atoms with Crippen LogP contribution in [-0.4, -0.2) is 11.1 Å². The van der Waals surface area contributed by atoms with E-state index in [1.165, 1.54) is 18.4 Å². The van der Waals surface area contributed by atoms with Crippen molar-refractivity contribution >= 4 is 17.3 Å². The minimum atomic E-state index is -0.617. The minimum Gasteiger partial charge on any atom is -0.481 e. The van der Waals surface area contributed by atoms with Gasteiger partial charge >= 0.3 is 5.97 Å². The van der Waals surface area contributed by atoms with Gasteiger partial charge < -0.3 is 5.11 Å². The Labute approximate surface area is 93.9 Å². The van der Waals surface area contributed by atoms with Crippen molar-refractivity contribution < 1.29 is 9.90 Å². The summed E-state index contributed by atoms with van der Waals surface area (Å²) < 4.78 is 0. The summed E-state index contributed by atoms with van der Waals surface area (Å²) in [4.78, 5) is 11.2.